The smallest absolute Gasteiger partial charge is 0.321 e. The maximum absolute atomic E-state index is 12.5. The molecular formula is C21H23N5O2. The molecule has 0 spiro atoms. The number of anilines is 2. The van der Waals surface area contributed by atoms with Crippen LogP contribution in [0.2, 0.25) is 0 Å². The molecule has 2 heterocycles. The lowest BCUT2D eigenvalue weighted by molar-refractivity contribution is 0.208. The molecule has 1 fully saturated rings. The molecule has 0 unspecified atom stereocenters. The van der Waals surface area contributed by atoms with Crippen molar-refractivity contribution in [2.24, 2.45) is 0 Å². The van der Waals surface area contributed by atoms with Crippen LogP contribution >= 0.6 is 0 Å². The number of rotatable bonds is 3. The number of benzene rings is 2. The number of aryl methyl sites for hydroxylation is 2. The van der Waals surface area contributed by atoms with Gasteiger partial charge in [-0.2, -0.15) is 4.98 Å². The molecule has 1 aromatic heterocycles. The second-order valence-electron chi connectivity index (χ2n) is 6.90. The first-order valence-electron chi connectivity index (χ1n) is 9.37. The SMILES string of the molecule is Cc1nc(-c2ccc(N3CCN(C(=O)Nc4ccccc4C)CC3)cc2)no1. The van der Waals surface area contributed by atoms with Crippen LogP contribution in [0.25, 0.3) is 11.4 Å². The Morgan fingerprint density at radius 1 is 1.00 bits per heavy atom. The third-order valence-corrected chi connectivity index (χ3v) is 4.97. The molecular weight excluding hydrogens is 354 g/mol. The summed E-state index contributed by atoms with van der Waals surface area (Å²) in [5.41, 5.74) is 3.98. The first-order chi connectivity index (χ1) is 13.6. The monoisotopic (exact) mass is 377 g/mol. The highest BCUT2D eigenvalue weighted by molar-refractivity contribution is 5.90. The van der Waals surface area contributed by atoms with Crippen molar-refractivity contribution >= 4 is 17.4 Å². The highest BCUT2D eigenvalue weighted by Gasteiger charge is 2.21. The average molecular weight is 377 g/mol. The van der Waals surface area contributed by atoms with Crippen LogP contribution in [0, 0.1) is 13.8 Å². The first kappa shape index (κ1) is 18.0. The number of aromatic nitrogens is 2. The van der Waals surface area contributed by atoms with E-state index >= 15 is 0 Å². The number of carbonyl (C=O) groups excluding carboxylic acids is 1. The van der Waals surface area contributed by atoms with Gasteiger partial charge >= 0.3 is 6.03 Å². The minimum atomic E-state index is -0.0447. The lowest BCUT2D eigenvalue weighted by atomic mass is 10.1. The molecule has 1 N–H and O–H groups in total. The Bertz CT molecular complexity index is 959. The van der Waals surface area contributed by atoms with Crippen LogP contribution in [0.4, 0.5) is 16.2 Å². The molecule has 2 amide bonds. The van der Waals surface area contributed by atoms with E-state index in [1.165, 1.54) is 0 Å². The van der Waals surface area contributed by atoms with Crippen molar-refractivity contribution in [3.8, 4) is 11.4 Å². The van der Waals surface area contributed by atoms with Gasteiger partial charge < -0.3 is 19.6 Å². The number of piperazine rings is 1. The van der Waals surface area contributed by atoms with Crippen molar-refractivity contribution in [3.63, 3.8) is 0 Å². The van der Waals surface area contributed by atoms with Gasteiger partial charge in [0.2, 0.25) is 11.7 Å². The maximum atomic E-state index is 12.5. The van der Waals surface area contributed by atoms with Crippen molar-refractivity contribution in [2.75, 3.05) is 36.4 Å². The van der Waals surface area contributed by atoms with E-state index in [-0.39, 0.29) is 6.03 Å². The molecule has 28 heavy (non-hydrogen) atoms. The van der Waals surface area contributed by atoms with Crippen LogP contribution in [0.15, 0.2) is 53.1 Å². The molecule has 7 nitrogen and oxygen atoms in total. The average Bonchev–Trinajstić information content (AvgIpc) is 3.16. The molecule has 1 saturated heterocycles. The number of carbonyl (C=O) groups is 1. The predicted molar refractivity (Wildman–Crippen MR) is 108 cm³/mol. The fourth-order valence-corrected chi connectivity index (χ4v) is 3.31. The second-order valence-corrected chi connectivity index (χ2v) is 6.90. The van der Waals surface area contributed by atoms with Gasteiger partial charge in [0.1, 0.15) is 0 Å². The Morgan fingerprint density at radius 3 is 2.36 bits per heavy atom. The van der Waals surface area contributed by atoms with E-state index in [0.717, 1.165) is 35.6 Å². The Kier molecular flexibility index (Phi) is 4.97. The summed E-state index contributed by atoms with van der Waals surface area (Å²) < 4.78 is 5.03. The van der Waals surface area contributed by atoms with E-state index in [9.17, 15) is 4.79 Å². The zero-order chi connectivity index (χ0) is 19.5. The largest absolute Gasteiger partial charge is 0.368 e. The molecule has 3 aromatic rings. The number of hydrogen-bond acceptors (Lipinski definition) is 5. The van der Waals surface area contributed by atoms with Crippen LogP contribution in [0.5, 0.6) is 0 Å². The molecule has 7 heteroatoms. The van der Waals surface area contributed by atoms with Gasteiger partial charge in [0.15, 0.2) is 0 Å². The number of hydrogen-bond donors (Lipinski definition) is 1. The summed E-state index contributed by atoms with van der Waals surface area (Å²) in [7, 11) is 0. The van der Waals surface area contributed by atoms with E-state index in [2.05, 4.69) is 32.5 Å². The molecule has 2 aromatic carbocycles. The van der Waals surface area contributed by atoms with Gasteiger partial charge in [-0.15, -0.1) is 0 Å². The van der Waals surface area contributed by atoms with Crippen LogP contribution in [0.3, 0.4) is 0 Å². The van der Waals surface area contributed by atoms with Gasteiger partial charge in [-0.1, -0.05) is 23.4 Å². The number of nitrogens with zero attached hydrogens (tertiary/aromatic N) is 4. The Morgan fingerprint density at radius 2 is 1.71 bits per heavy atom. The van der Waals surface area contributed by atoms with E-state index in [1.54, 1.807) is 6.92 Å². The highest BCUT2D eigenvalue weighted by atomic mass is 16.5. The third kappa shape index (κ3) is 3.83. The zero-order valence-corrected chi connectivity index (χ0v) is 16.1. The van der Waals surface area contributed by atoms with Crippen LogP contribution in [0.1, 0.15) is 11.5 Å². The number of nitrogens with one attached hydrogen (secondary N) is 1. The third-order valence-electron chi connectivity index (χ3n) is 4.97. The lowest BCUT2D eigenvalue weighted by Gasteiger charge is -2.36. The second kappa shape index (κ2) is 7.72. The van der Waals surface area contributed by atoms with Crippen LogP contribution < -0.4 is 10.2 Å². The van der Waals surface area contributed by atoms with Gasteiger partial charge in [0, 0.05) is 50.0 Å². The Labute approximate surface area is 164 Å². The van der Waals surface area contributed by atoms with Crippen molar-refractivity contribution in [1.29, 1.82) is 0 Å². The normalized spacial score (nSPS) is 14.2. The Balaban J connectivity index is 1.35. The highest BCUT2D eigenvalue weighted by Crippen LogP contribution is 2.22. The van der Waals surface area contributed by atoms with E-state index in [0.29, 0.717) is 24.8 Å². The van der Waals surface area contributed by atoms with E-state index in [1.807, 2.05) is 48.2 Å². The van der Waals surface area contributed by atoms with Gasteiger partial charge in [0.05, 0.1) is 0 Å². The van der Waals surface area contributed by atoms with Gasteiger partial charge in [0.25, 0.3) is 0 Å². The van der Waals surface area contributed by atoms with Crippen LogP contribution in [-0.2, 0) is 0 Å². The number of para-hydroxylation sites is 1. The van der Waals surface area contributed by atoms with Crippen LogP contribution in [-0.4, -0.2) is 47.3 Å². The molecule has 0 atom stereocenters. The molecule has 0 bridgehead atoms. The van der Waals surface area contributed by atoms with E-state index < -0.39 is 0 Å². The van der Waals surface area contributed by atoms with Crippen molar-refractivity contribution in [3.05, 3.63) is 60.0 Å². The summed E-state index contributed by atoms with van der Waals surface area (Å²) in [6.07, 6.45) is 0. The summed E-state index contributed by atoms with van der Waals surface area (Å²) >= 11 is 0. The quantitative estimate of drug-likeness (QED) is 0.753. The molecule has 1 aliphatic rings. The molecule has 4 rings (SSSR count). The summed E-state index contributed by atoms with van der Waals surface area (Å²) in [4.78, 5) is 20.9. The molecule has 1 aliphatic heterocycles. The Hall–Kier alpha value is -3.35. The van der Waals surface area contributed by atoms with Gasteiger partial charge in [-0.25, -0.2) is 4.79 Å². The predicted octanol–water partition coefficient (Wildman–Crippen LogP) is 3.71. The minimum absolute atomic E-state index is 0.0447. The molecule has 0 aliphatic carbocycles. The fourth-order valence-electron chi connectivity index (χ4n) is 3.31. The molecule has 144 valence electrons. The van der Waals surface area contributed by atoms with Crippen molar-refractivity contribution < 1.29 is 9.32 Å². The van der Waals surface area contributed by atoms with Gasteiger partial charge in [-0.3, -0.25) is 0 Å². The van der Waals surface area contributed by atoms with Crippen molar-refractivity contribution in [2.45, 2.75) is 13.8 Å². The lowest BCUT2D eigenvalue weighted by Crippen LogP contribution is -2.50. The number of urea groups is 1. The first-order valence-corrected chi connectivity index (χ1v) is 9.37. The molecule has 0 radical (unpaired) electrons. The topological polar surface area (TPSA) is 74.5 Å². The zero-order valence-electron chi connectivity index (χ0n) is 16.1. The summed E-state index contributed by atoms with van der Waals surface area (Å²) in [6, 6.07) is 15.9. The summed E-state index contributed by atoms with van der Waals surface area (Å²) in [5, 5.41) is 6.96. The number of amides is 2. The fraction of sp³-hybridized carbons (Fsp3) is 0.286. The standard InChI is InChI=1S/C21H23N5O2/c1-15-5-3-4-6-19(15)23-21(27)26-13-11-25(12-14-26)18-9-7-17(8-10-18)20-22-16(2)28-24-20/h3-10H,11-14H2,1-2H3,(H,23,27). The van der Waals surface area contributed by atoms with E-state index in [4.69, 9.17) is 4.52 Å². The summed E-state index contributed by atoms with van der Waals surface area (Å²) in [6.45, 7) is 6.73. The van der Waals surface area contributed by atoms with Gasteiger partial charge in [-0.05, 0) is 42.8 Å². The maximum Gasteiger partial charge on any atom is 0.321 e. The van der Waals surface area contributed by atoms with Crippen molar-refractivity contribution in [1.82, 2.24) is 15.0 Å². The molecule has 0 saturated carbocycles. The minimum Gasteiger partial charge on any atom is -0.368 e. The summed E-state index contributed by atoms with van der Waals surface area (Å²) in [5.74, 6) is 1.15.